The van der Waals surface area contributed by atoms with E-state index in [-0.39, 0.29) is 48.2 Å². The Morgan fingerprint density at radius 2 is 1.90 bits per heavy atom. The fraction of sp³-hybridized carbons (Fsp3) is 0.533. The van der Waals surface area contributed by atoms with Crippen LogP contribution in [0.1, 0.15) is 69.9 Å². The number of carbonyl (C=O) groups excluding carboxylic acids is 1. The van der Waals surface area contributed by atoms with E-state index in [1.165, 1.54) is 8.52 Å². The van der Waals surface area contributed by atoms with Crippen LogP contribution < -0.4 is 15.9 Å². The van der Waals surface area contributed by atoms with Gasteiger partial charge in [-0.05, 0) is 71.6 Å². The van der Waals surface area contributed by atoms with Crippen molar-refractivity contribution in [2.75, 3.05) is 6.61 Å². The third kappa shape index (κ3) is 9.52. The van der Waals surface area contributed by atoms with Crippen molar-refractivity contribution in [2.24, 2.45) is 11.8 Å². The topological polar surface area (TPSA) is 129 Å². The van der Waals surface area contributed by atoms with Crippen LogP contribution in [0.15, 0.2) is 57.7 Å². The first-order chi connectivity index (χ1) is 20.1. The average Bonchev–Trinajstić information content (AvgIpc) is 3.24. The Morgan fingerprint density at radius 3 is 2.57 bits per heavy atom. The molecule has 42 heavy (non-hydrogen) atoms. The maximum absolute atomic E-state index is 13.2. The molecule has 2 N–H and O–H groups in total. The Kier molecular flexibility index (Phi) is 12.7. The molecule has 1 aliphatic rings. The second-order valence-electron chi connectivity index (χ2n) is 10.8. The number of carbonyl (C=O) groups is 2. The van der Waals surface area contributed by atoms with Gasteiger partial charge in [-0.25, -0.2) is 22.9 Å². The lowest BCUT2D eigenvalue weighted by atomic mass is 9.82. The summed E-state index contributed by atoms with van der Waals surface area (Å²) in [4.78, 5) is 52.6. The number of ether oxygens (including phenoxy) is 1. The Bertz CT molecular complexity index is 1360. The number of hydrogen-bond donors (Lipinski definition) is 2. The number of aryl methyl sites for hydroxylation is 1. The van der Waals surface area contributed by atoms with Crippen molar-refractivity contribution in [3.05, 3.63) is 79.3 Å². The van der Waals surface area contributed by atoms with Crippen LogP contribution in [0.3, 0.4) is 0 Å². The highest BCUT2D eigenvalue weighted by Crippen LogP contribution is 2.31. The number of unbranched alkanes of at least 4 members (excludes halogenated alkanes) is 1. The molecule has 0 saturated heterocycles. The Labute approximate surface area is 248 Å². The van der Waals surface area contributed by atoms with Gasteiger partial charge in [-0.2, -0.15) is 4.94 Å². The lowest BCUT2D eigenvalue weighted by Crippen LogP contribution is -2.29. The third-order valence-electron chi connectivity index (χ3n) is 7.66. The monoisotopic (exact) mass is 605 g/mol. The van der Waals surface area contributed by atoms with Gasteiger partial charge in [0.1, 0.15) is 12.7 Å². The molecule has 12 heteroatoms. The molecule has 0 aliphatic heterocycles. The zero-order chi connectivity index (χ0) is 30.6. The molecule has 1 heterocycles. The van der Waals surface area contributed by atoms with E-state index >= 15 is 0 Å². The molecule has 3 rings (SSSR count). The molecule has 1 aromatic heterocycles. The van der Waals surface area contributed by atoms with E-state index in [1.807, 2.05) is 44.2 Å². The number of alkyl carbamates (subject to hydrolysis) is 1. The van der Waals surface area contributed by atoms with E-state index in [0.717, 1.165) is 41.1 Å². The van der Waals surface area contributed by atoms with Crippen molar-refractivity contribution < 1.29 is 28.9 Å². The molecule has 230 valence electrons. The van der Waals surface area contributed by atoms with E-state index in [0.29, 0.717) is 32.2 Å². The van der Waals surface area contributed by atoms with Gasteiger partial charge in [0, 0.05) is 30.2 Å². The molecule has 1 amide bonds. The van der Waals surface area contributed by atoms with Crippen molar-refractivity contribution in [3.63, 3.8) is 0 Å². The number of nitrogens with zero attached hydrogens (tertiary/aromatic N) is 2. The lowest BCUT2D eigenvalue weighted by molar-refractivity contribution is -0.199. The highest BCUT2D eigenvalue weighted by atomic mass is 32.1. The molecule has 0 bridgehead atoms. The van der Waals surface area contributed by atoms with Gasteiger partial charge in [-0.3, -0.25) is 4.79 Å². The number of nitrogens with one attached hydrogen (secondary N) is 1. The maximum Gasteiger partial charge on any atom is 0.407 e. The number of allylic oxidation sites excluding steroid dienone is 1. The van der Waals surface area contributed by atoms with Gasteiger partial charge in [-0.1, -0.05) is 57.2 Å². The number of aliphatic carboxylic acids is 1. The molecule has 0 fully saturated rings. The van der Waals surface area contributed by atoms with Gasteiger partial charge in [0.05, 0.1) is 6.54 Å². The lowest BCUT2D eigenvalue weighted by Gasteiger charge is -2.26. The molecule has 1 aliphatic carbocycles. The van der Waals surface area contributed by atoms with E-state index in [9.17, 15) is 28.8 Å². The van der Waals surface area contributed by atoms with E-state index in [1.54, 1.807) is 0 Å². The van der Waals surface area contributed by atoms with Crippen molar-refractivity contribution in [2.45, 2.75) is 84.5 Å². The van der Waals surface area contributed by atoms with Crippen LogP contribution in [-0.2, 0) is 34.1 Å². The van der Waals surface area contributed by atoms with Gasteiger partial charge in [0.15, 0.2) is 0 Å². The number of hydrogen-bond acceptors (Lipinski definition) is 7. The summed E-state index contributed by atoms with van der Waals surface area (Å²) in [5, 5.41) is 12.1. The molecule has 0 spiro atoms. The number of carboxylic acid groups (broad SMARTS) is 1. The number of carboxylic acids is 1. The highest BCUT2D eigenvalue weighted by Gasteiger charge is 2.28. The Morgan fingerprint density at radius 1 is 1.19 bits per heavy atom. The second kappa shape index (κ2) is 16.2. The molecule has 10 nitrogen and oxygen atoms in total. The van der Waals surface area contributed by atoms with Crippen molar-refractivity contribution in [3.8, 4) is 0 Å². The molecule has 2 aromatic rings. The highest BCUT2D eigenvalue weighted by molar-refractivity contribution is 7.03. The number of aromatic nitrogens is 2. The van der Waals surface area contributed by atoms with Crippen LogP contribution in [0.4, 0.5) is 9.32 Å². The number of benzene rings is 1. The Hall–Kier alpha value is -3.51. The molecule has 0 radical (unpaired) electrons. The summed E-state index contributed by atoms with van der Waals surface area (Å²) in [7, 11) is 0. The fourth-order valence-electron chi connectivity index (χ4n) is 4.87. The summed E-state index contributed by atoms with van der Waals surface area (Å²) in [5.74, 6) is -1.71. The fourth-order valence-corrected chi connectivity index (χ4v) is 5.70. The van der Waals surface area contributed by atoms with Crippen molar-refractivity contribution in [1.29, 1.82) is 0 Å². The van der Waals surface area contributed by atoms with Gasteiger partial charge >= 0.3 is 22.6 Å². The molecule has 0 saturated carbocycles. The van der Waals surface area contributed by atoms with Crippen LogP contribution in [0.5, 0.6) is 0 Å². The number of halogens is 1. The first kappa shape index (κ1) is 33.0. The zero-order valence-electron chi connectivity index (χ0n) is 24.2. The first-order valence-electron chi connectivity index (χ1n) is 14.3. The SMILES string of the molecule is C=C(C(=O)O)C1CC/C(COC(=O)NCc2ccc(Cn3c(=O)sn(CCCC)c3=O)cc2)=C\CCC(C)C(OF)C1. The first-order valence-corrected chi connectivity index (χ1v) is 15.1. The molecular weight excluding hydrogens is 565 g/mol. The quantitative estimate of drug-likeness (QED) is 0.251. The summed E-state index contributed by atoms with van der Waals surface area (Å²) < 4.78 is 21.3. The van der Waals surface area contributed by atoms with Crippen LogP contribution in [-0.4, -0.2) is 38.4 Å². The minimum Gasteiger partial charge on any atom is -0.478 e. The van der Waals surface area contributed by atoms with Crippen LogP contribution in [0, 0.1) is 11.8 Å². The summed E-state index contributed by atoms with van der Waals surface area (Å²) >= 11 is 0.937. The van der Waals surface area contributed by atoms with Crippen molar-refractivity contribution in [1.82, 2.24) is 13.8 Å². The number of amides is 1. The van der Waals surface area contributed by atoms with Crippen molar-refractivity contribution >= 4 is 23.6 Å². The average molecular weight is 606 g/mol. The van der Waals surface area contributed by atoms with E-state index in [2.05, 4.69) is 16.8 Å². The number of rotatable bonds is 12. The predicted octanol–water partition coefficient (Wildman–Crippen LogP) is 5.20. The molecule has 3 unspecified atom stereocenters. The summed E-state index contributed by atoms with van der Waals surface area (Å²) in [6, 6.07) is 7.26. The van der Waals surface area contributed by atoms with Gasteiger partial charge in [-0.15, -0.1) is 0 Å². The Balaban J connectivity index is 1.52. The summed E-state index contributed by atoms with van der Waals surface area (Å²) in [6.45, 7) is 8.56. The van der Waals surface area contributed by atoms with Crippen LogP contribution in [0.25, 0.3) is 0 Å². The minimum atomic E-state index is -1.12. The maximum atomic E-state index is 13.2. The van der Waals surface area contributed by atoms with Gasteiger partial charge < -0.3 is 15.2 Å². The minimum absolute atomic E-state index is 0.0142. The summed E-state index contributed by atoms with van der Waals surface area (Å²) in [6.07, 6.45) is 4.85. The largest absolute Gasteiger partial charge is 0.478 e. The predicted molar refractivity (Wildman–Crippen MR) is 158 cm³/mol. The van der Waals surface area contributed by atoms with Crippen LogP contribution >= 0.6 is 11.5 Å². The molecule has 3 atom stereocenters. The summed E-state index contributed by atoms with van der Waals surface area (Å²) in [5.41, 5.74) is 2.20. The zero-order valence-corrected chi connectivity index (χ0v) is 25.0. The second-order valence-corrected chi connectivity index (χ2v) is 11.7. The normalized spacial score (nSPS) is 20.7. The van der Waals surface area contributed by atoms with E-state index < -0.39 is 24.1 Å². The standard InChI is InChI=1S/C30H40FN3O7S/c1-4-5-15-34-29(38)33(30(39)42-34)18-23-11-9-22(10-12-23)17-32-28(37)40-19-24-8-6-7-20(2)26(41-31)16-25(14-13-24)21(3)27(35)36/h8-12,20,25-26H,3-7,13-19H2,1-2H3,(H,32,37)(H,35,36)/b24-8+. The smallest absolute Gasteiger partial charge is 0.407 e. The van der Waals surface area contributed by atoms with Gasteiger partial charge in [0.25, 0.3) is 0 Å². The van der Waals surface area contributed by atoms with Crippen LogP contribution in [0.2, 0.25) is 0 Å². The van der Waals surface area contributed by atoms with Gasteiger partial charge in [0.2, 0.25) is 0 Å². The molecule has 1 aromatic carbocycles. The van der Waals surface area contributed by atoms with E-state index in [4.69, 9.17) is 4.74 Å². The third-order valence-corrected chi connectivity index (χ3v) is 8.59. The molecular formula is C30H40FN3O7S.